The number of halogens is 1. The third-order valence-electron chi connectivity index (χ3n) is 3.63. The zero-order valence-electron chi connectivity index (χ0n) is 8.82. The van der Waals surface area contributed by atoms with Crippen molar-refractivity contribution >= 4 is 11.6 Å². The lowest BCUT2D eigenvalue weighted by atomic mass is 9.75. The van der Waals surface area contributed by atoms with Crippen molar-refractivity contribution in [2.75, 3.05) is 5.88 Å². The van der Waals surface area contributed by atoms with Gasteiger partial charge in [-0.05, 0) is 18.4 Å². The molecule has 1 unspecified atom stereocenters. The van der Waals surface area contributed by atoms with Gasteiger partial charge in [0, 0.05) is 11.3 Å². The SMILES string of the molecule is OC(CCl)C1(c2ccccc2)CCCC1. The van der Waals surface area contributed by atoms with Gasteiger partial charge in [-0.25, -0.2) is 0 Å². The van der Waals surface area contributed by atoms with Crippen LogP contribution in [0.3, 0.4) is 0 Å². The van der Waals surface area contributed by atoms with Crippen LogP contribution in [0.2, 0.25) is 0 Å². The second kappa shape index (κ2) is 4.54. The maximum Gasteiger partial charge on any atom is 0.0771 e. The molecule has 2 rings (SSSR count). The first-order valence-corrected chi connectivity index (χ1v) is 6.12. The summed E-state index contributed by atoms with van der Waals surface area (Å²) in [5.41, 5.74) is 1.17. The second-order valence-corrected chi connectivity index (χ2v) is 4.71. The summed E-state index contributed by atoms with van der Waals surface area (Å²) in [5.74, 6) is 0.328. The highest BCUT2D eigenvalue weighted by Crippen LogP contribution is 2.44. The van der Waals surface area contributed by atoms with Gasteiger partial charge in [0.05, 0.1) is 6.10 Å². The van der Waals surface area contributed by atoms with Crippen LogP contribution >= 0.6 is 11.6 Å². The van der Waals surface area contributed by atoms with Gasteiger partial charge in [0.15, 0.2) is 0 Å². The topological polar surface area (TPSA) is 20.2 Å². The minimum Gasteiger partial charge on any atom is -0.391 e. The highest BCUT2D eigenvalue weighted by molar-refractivity contribution is 6.18. The van der Waals surface area contributed by atoms with Crippen molar-refractivity contribution in [2.45, 2.75) is 37.2 Å². The van der Waals surface area contributed by atoms with Crippen LogP contribution in [0.15, 0.2) is 30.3 Å². The smallest absolute Gasteiger partial charge is 0.0771 e. The molecule has 0 saturated heterocycles. The van der Waals surface area contributed by atoms with Gasteiger partial charge >= 0.3 is 0 Å². The lowest BCUT2D eigenvalue weighted by molar-refractivity contribution is 0.102. The maximum absolute atomic E-state index is 10.1. The molecule has 1 aliphatic carbocycles. The van der Waals surface area contributed by atoms with Crippen molar-refractivity contribution in [3.63, 3.8) is 0 Å². The lowest BCUT2D eigenvalue weighted by Crippen LogP contribution is -2.38. The van der Waals surface area contributed by atoms with E-state index >= 15 is 0 Å². The van der Waals surface area contributed by atoms with Crippen molar-refractivity contribution in [1.29, 1.82) is 0 Å². The quantitative estimate of drug-likeness (QED) is 0.783. The molecule has 1 saturated carbocycles. The Balaban J connectivity index is 2.35. The fourth-order valence-corrected chi connectivity index (χ4v) is 3.03. The molecule has 0 amide bonds. The fourth-order valence-electron chi connectivity index (χ4n) is 2.74. The molecule has 15 heavy (non-hydrogen) atoms. The molecule has 1 fully saturated rings. The van der Waals surface area contributed by atoms with Gasteiger partial charge in [-0.2, -0.15) is 0 Å². The molecule has 0 aromatic heterocycles. The van der Waals surface area contributed by atoms with E-state index in [0.717, 1.165) is 12.8 Å². The van der Waals surface area contributed by atoms with Gasteiger partial charge in [0.25, 0.3) is 0 Å². The summed E-state index contributed by atoms with van der Waals surface area (Å²) in [7, 11) is 0. The van der Waals surface area contributed by atoms with E-state index in [2.05, 4.69) is 12.1 Å². The molecule has 1 aliphatic rings. The average Bonchev–Trinajstić information content (AvgIpc) is 2.79. The monoisotopic (exact) mass is 224 g/mol. The van der Waals surface area contributed by atoms with Gasteiger partial charge in [0.2, 0.25) is 0 Å². The predicted octanol–water partition coefficient (Wildman–Crippen LogP) is 3.10. The van der Waals surface area contributed by atoms with Crippen LogP contribution in [0, 0.1) is 0 Å². The summed E-state index contributed by atoms with van der Waals surface area (Å²) in [4.78, 5) is 0. The van der Waals surface area contributed by atoms with E-state index in [1.807, 2.05) is 18.2 Å². The van der Waals surface area contributed by atoms with E-state index in [1.54, 1.807) is 0 Å². The molecule has 0 spiro atoms. The van der Waals surface area contributed by atoms with Crippen molar-refractivity contribution < 1.29 is 5.11 Å². The molecular formula is C13H17ClO. The highest BCUT2D eigenvalue weighted by atomic mass is 35.5. The van der Waals surface area contributed by atoms with E-state index in [-0.39, 0.29) is 5.41 Å². The van der Waals surface area contributed by atoms with E-state index in [0.29, 0.717) is 5.88 Å². The molecule has 1 aromatic rings. The first kappa shape index (κ1) is 11.0. The number of rotatable bonds is 3. The second-order valence-electron chi connectivity index (χ2n) is 4.40. The van der Waals surface area contributed by atoms with Gasteiger partial charge in [-0.3, -0.25) is 0 Å². The summed E-state index contributed by atoms with van der Waals surface area (Å²) in [6.07, 6.45) is 4.10. The Bertz CT molecular complexity index is 304. The predicted molar refractivity (Wildman–Crippen MR) is 63.3 cm³/mol. The Morgan fingerprint density at radius 2 is 1.80 bits per heavy atom. The first-order valence-electron chi connectivity index (χ1n) is 5.59. The summed E-state index contributed by atoms with van der Waals surface area (Å²) in [5, 5.41) is 10.1. The van der Waals surface area contributed by atoms with Crippen LogP contribution in [0.5, 0.6) is 0 Å². The third kappa shape index (κ3) is 1.91. The van der Waals surface area contributed by atoms with Crippen molar-refractivity contribution in [3.8, 4) is 0 Å². The standard InChI is InChI=1S/C13H17ClO/c14-10-12(15)13(8-4-5-9-13)11-6-2-1-3-7-11/h1-3,6-7,12,15H,4-5,8-10H2. The molecule has 0 radical (unpaired) electrons. The van der Waals surface area contributed by atoms with Gasteiger partial charge < -0.3 is 5.11 Å². The van der Waals surface area contributed by atoms with Crippen molar-refractivity contribution in [1.82, 2.24) is 0 Å². The Hall–Kier alpha value is -0.530. The summed E-state index contributed by atoms with van der Waals surface area (Å²) in [6.45, 7) is 0. The zero-order valence-corrected chi connectivity index (χ0v) is 9.58. The summed E-state index contributed by atoms with van der Waals surface area (Å²) >= 11 is 5.82. The molecule has 2 heteroatoms. The summed E-state index contributed by atoms with van der Waals surface area (Å²) in [6, 6.07) is 10.3. The molecule has 0 aliphatic heterocycles. The Labute approximate surface area is 96.1 Å². The molecule has 1 aromatic carbocycles. The van der Waals surface area contributed by atoms with E-state index in [1.165, 1.54) is 18.4 Å². The molecule has 0 bridgehead atoms. The molecule has 0 heterocycles. The largest absolute Gasteiger partial charge is 0.391 e. The third-order valence-corrected chi connectivity index (χ3v) is 3.92. The molecule has 1 atom stereocenters. The summed E-state index contributed by atoms with van der Waals surface area (Å²) < 4.78 is 0. The van der Waals surface area contributed by atoms with Crippen LogP contribution < -0.4 is 0 Å². The van der Waals surface area contributed by atoms with Gasteiger partial charge in [-0.15, -0.1) is 11.6 Å². The number of hydrogen-bond acceptors (Lipinski definition) is 1. The van der Waals surface area contributed by atoms with E-state index < -0.39 is 6.10 Å². The number of hydrogen-bond donors (Lipinski definition) is 1. The number of benzene rings is 1. The maximum atomic E-state index is 10.1. The minimum absolute atomic E-state index is 0.0803. The number of aliphatic hydroxyl groups is 1. The van der Waals surface area contributed by atoms with Crippen LogP contribution in [0.4, 0.5) is 0 Å². The normalized spacial score (nSPS) is 21.5. The first-order chi connectivity index (χ1) is 7.29. The van der Waals surface area contributed by atoms with Crippen LogP contribution in [0.25, 0.3) is 0 Å². The average molecular weight is 225 g/mol. The lowest BCUT2D eigenvalue weighted by Gasteiger charge is -2.33. The molecule has 1 nitrogen and oxygen atoms in total. The van der Waals surface area contributed by atoms with Crippen LogP contribution in [-0.2, 0) is 5.41 Å². The van der Waals surface area contributed by atoms with Crippen molar-refractivity contribution in [2.24, 2.45) is 0 Å². The molecule has 82 valence electrons. The van der Waals surface area contributed by atoms with Gasteiger partial charge in [-0.1, -0.05) is 43.2 Å². The van der Waals surface area contributed by atoms with Crippen LogP contribution in [0.1, 0.15) is 31.2 Å². The van der Waals surface area contributed by atoms with Crippen LogP contribution in [-0.4, -0.2) is 17.1 Å². The Morgan fingerprint density at radius 3 is 2.33 bits per heavy atom. The van der Waals surface area contributed by atoms with Crippen molar-refractivity contribution in [3.05, 3.63) is 35.9 Å². The Kier molecular flexibility index (Phi) is 3.32. The Morgan fingerprint density at radius 1 is 1.20 bits per heavy atom. The van der Waals surface area contributed by atoms with E-state index in [9.17, 15) is 5.11 Å². The fraction of sp³-hybridized carbons (Fsp3) is 0.538. The molecule has 1 N–H and O–H groups in total. The van der Waals surface area contributed by atoms with Gasteiger partial charge in [0.1, 0.15) is 0 Å². The highest BCUT2D eigenvalue weighted by Gasteiger charge is 2.41. The zero-order chi connectivity index (χ0) is 10.7. The minimum atomic E-state index is -0.413. The molecular weight excluding hydrogens is 208 g/mol. The number of alkyl halides is 1. The van der Waals surface area contributed by atoms with E-state index in [4.69, 9.17) is 11.6 Å². The number of aliphatic hydroxyl groups excluding tert-OH is 1.